The summed E-state index contributed by atoms with van der Waals surface area (Å²) in [6.45, 7) is 1.32. The first-order valence-corrected chi connectivity index (χ1v) is 7.96. The summed E-state index contributed by atoms with van der Waals surface area (Å²) in [4.78, 5) is 12.5. The average Bonchev–Trinajstić information content (AvgIpc) is 3.16. The van der Waals surface area contributed by atoms with Gasteiger partial charge in [0.15, 0.2) is 0 Å². The van der Waals surface area contributed by atoms with E-state index in [0.717, 1.165) is 31.2 Å². The van der Waals surface area contributed by atoms with Crippen LogP contribution in [0.3, 0.4) is 0 Å². The molecule has 1 saturated carbocycles. The number of amides is 1. The van der Waals surface area contributed by atoms with Crippen LogP contribution >= 0.6 is 12.4 Å². The van der Waals surface area contributed by atoms with Crippen molar-refractivity contribution in [1.29, 1.82) is 0 Å². The molecule has 0 spiro atoms. The summed E-state index contributed by atoms with van der Waals surface area (Å²) in [6, 6.07) is 10.2. The molecule has 1 aliphatic heterocycles. The number of hydrogen-bond donors (Lipinski definition) is 2. The molecule has 0 radical (unpaired) electrons. The number of rotatable bonds is 4. The molecule has 1 amide bonds. The maximum absolute atomic E-state index is 12.5. The second-order valence-electron chi connectivity index (χ2n) is 6.14. The molecule has 0 bridgehead atoms. The number of ether oxygens (including phenoxy) is 1. The van der Waals surface area contributed by atoms with Crippen LogP contribution in [-0.2, 0) is 9.53 Å². The lowest BCUT2D eigenvalue weighted by atomic mass is 9.94. The summed E-state index contributed by atoms with van der Waals surface area (Å²) in [5.74, 6) is 0.605. The van der Waals surface area contributed by atoms with Gasteiger partial charge in [-0.25, -0.2) is 0 Å². The predicted octanol–water partition coefficient (Wildman–Crippen LogP) is 2.43. The predicted molar refractivity (Wildman–Crippen MR) is 88.8 cm³/mol. The summed E-state index contributed by atoms with van der Waals surface area (Å²) < 4.78 is 5.83. The molecule has 4 atom stereocenters. The Morgan fingerprint density at radius 1 is 1.23 bits per heavy atom. The van der Waals surface area contributed by atoms with Gasteiger partial charge >= 0.3 is 0 Å². The maximum Gasteiger partial charge on any atom is 0.223 e. The molecule has 122 valence electrons. The maximum atomic E-state index is 12.5. The minimum absolute atomic E-state index is 0. The fraction of sp³-hybridized carbons (Fsp3) is 0.588. The van der Waals surface area contributed by atoms with Gasteiger partial charge in [-0.3, -0.25) is 4.79 Å². The molecule has 5 heteroatoms. The first-order chi connectivity index (χ1) is 10.3. The van der Waals surface area contributed by atoms with Gasteiger partial charge in [0.1, 0.15) is 6.10 Å². The van der Waals surface area contributed by atoms with E-state index in [1.165, 1.54) is 0 Å². The molecule has 22 heavy (non-hydrogen) atoms. The van der Waals surface area contributed by atoms with Crippen LogP contribution in [0.2, 0.25) is 0 Å². The number of halogens is 1. The van der Waals surface area contributed by atoms with Crippen molar-refractivity contribution in [2.75, 3.05) is 13.2 Å². The molecule has 1 saturated heterocycles. The lowest BCUT2D eigenvalue weighted by Gasteiger charge is -2.24. The quantitative estimate of drug-likeness (QED) is 0.894. The summed E-state index contributed by atoms with van der Waals surface area (Å²) >= 11 is 0. The van der Waals surface area contributed by atoms with Crippen molar-refractivity contribution < 1.29 is 9.53 Å². The average molecular weight is 325 g/mol. The van der Waals surface area contributed by atoms with Crippen molar-refractivity contribution in [2.24, 2.45) is 17.6 Å². The van der Waals surface area contributed by atoms with E-state index < -0.39 is 0 Å². The molecule has 2 fully saturated rings. The lowest BCUT2D eigenvalue weighted by Crippen LogP contribution is -2.42. The molecule has 1 heterocycles. The fourth-order valence-electron chi connectivity index (χ4n) is 3.66. The molecule has 3 N–H and O–H groups in total. The fourth-order valence-corrected chi connectivity index (χ4v) is 3.66. The van der Waals surface area contributed by atoms with Crippen LogP contribution in [0.4, 0.5) is 0 Å². The third kappa shape index (κ3) is 3.62. The Labute approximate surface area is 138 Å². The highest BCUT2D eigenvalue weighted by Gasteiger charge is 2.36. The molecule has 1 aliphatic carbocycles. The van der Waals surface area contributed by atoms with E-state index in [-0.39, 0.29) is 36.4 Å². The van der Waals surface area contributed by atoms with Crippen LogP contribution in [0, 0.1) is 11.8 Å². The topological polar surface area (TPSA) is 64.4 Å². The third-order valence-corrected chi connectivity index (χ3v) is 4.85. The Balaban J connectivity index is 0.00000176. The van der Waals surface area contributed by atoms with Gasteiger partial charge in [0.05, 0.1) is 6.04 Å². The Kier molecular flexibility index (Phi) is 6.24. The molecule has 3 rings (SSSR count). The standard InChI is InChI=1S/C17H24N2O2.ClH/c18-11-13-7-4-8-14(13)17(20)19-15-9-10-21-16(15)12-5-2-1-3-6-12;/h1-3,5-6,13-16H,4,7-11,18H2,(H,19,20);1H/t13-,14-,15?,16?;/m1./s1. The highest BCUT2D eigenvalue weighted by atomic mass is 35.5. The van der Waals surface area contributed by atoms with Crippen molar-refractivity contribution in [2.45, 2.75) is 37.8 Å². The number of carbonyl (C=O) groups excluding carboxylic acids is 1. The second-order valence-corrected chi connectivity index (χ2v) is 6.14. The molecule has 2 unspecified atom stereocenters. The number of nitrogens with two attached hydrogens (primary N) is 1. The van der Waals surface area contributed by atoms with Gasteiger partial charge in [0.25, 0.3) is 0 Å². The Morgan fingerprint density at radius 3 is 2.73 bits per heavy atom. The van der Waals surface area contributed by atoms with Gasteiger partial charge in [-0.15, -0.1) is 12.4 Å². The van der Waals surface area contributed by atoms with E-state index in [1.54, 1.807) is 0 Å². The SMILES string of the molecule is Cl.NC[C@H]1CCC[C@H]1C(=O)NC1CCOC1c1ccccc1. The third-order valence-electron chi connectivity index (χ3n) is 4.85. The minimum Gasteiger partial charge on any atom is -0.371 e. The first-order valence-electron chi connectivity index (χ1n) is 7.96. The summed E-state index contributed by atoms with van der Waals surface area (Å²) in [6.07, 6.45) is 4.02. The second kappa shape index (κ2) is 7.95. The van der Waals surface area contributed by atoms with Crippen LogP contribution in [0.1, 0.15) is 37.4 Å². The minimum atomic E-state index is -0.0205. The molecular formula is C17H25ClN2O2. The molecule has 0 aromatic heterocycles. The van der Waals surface area contributed by atoms with Crippen LogP contribution in [0.5, 0.6) is 0 Å². The highest BCUT2D eigenvalue weighted by Crippen LogP contribution is 2.33. The highest BCUT2D eigenvalue weighted by molar-refractivity contribution is 5.85. The Hall–Kier alpha value is -1.10. The summed E-state index contributed by atoms with van der Waals surface area (Å²) in [5.41, 5.74) is 6.92. The van der Waals surface area contributed by atoms with Crippen LogP contribution in [0.25, 0.3) is 0 Å². The zero-order chi connectivity index (χ0) is 14.7. The van der Waals surface area contributed by atoms with Gasteiger partial charge in [-0.2, -0.15) is 0 Å². The van der Waals surface area contributed by atoms with Crippen LogP contribution < -0.4 is 11.1 Å². The molecule has 4 nitrogen and oxygen atoms in total. The van der Waals surface area contributed by atoms with Crippen molar-refractivity contribution in [3.05, 3.63) is 35.9 Å². The van der Waals surface area contributed by atoms with E-state index in [4.69, 9.17) is 10.5 Å². The zero-order valence-corrected chi connectivity index (χ0v) is 13.6. The Morgan fingerprint density at radius 2 is 2.00 bits per heavy atom. The van der Waals surface area contributed by atoms with Crippen LogP contribution in [0.15, 0.2) is 30.3 Å². The van der Waals surface area contributed by atoms with Crippen molar-refractivity contribution in [3.8, 4) is 0 Å². The number of benzene rings is 1. The van der Waals surface area contributed by atoms with E-state index in [1.807, 2.05) is 18.2 Å². The molecule has 1 aromatic rings. The lowest BCUT2D eigenvalue weighted by molar-refractivity contribution is -0.127. The smallest absolute Gasteiger partial charge is 0.223 e. The molecule has 2 aliphatic rings. The number of carbonyl (C=O) groups is 1. The van der Waals surface area contributed by atoms with Gasteiger partial charge < -0.3 is 15.8 Å². The molecular weight excluding hydrogens is 300 g/mol. The monoisotopic (exact) mass is 324 g/mol. The largest absolute Gasteiger partial charge is 0.371 e. The summed E-state index contributed by atoms with van der Waals surface area (Å²) in [7, 11) is 0. The van der Waals surface area contributed by atoms with E-state index >= 15 is 0 Å². The number of hydrogen-bond acceptors (Lipinski definition) is 3. The van der Waals surface area contributed by atoms with Gasteiger partial charge in [-0.05, 0) is 37.3 Å². The van der Waals surface area contributed by atoms with Gasteiger partial charge in [0, 0.05) is 12.5 Å². The summed E-state index contributed by atoms with van der Waals surface area (Å²) in [5, 5.41) is 3.21. The van der Waals surface area contributed by atoms with Crippen molar-refractivity contribution in [1.82, 2.24) is 5.32 Å². The normalized spacial score (nSPS) is 30.8. The zero-order valence-electron chi connectivity index (χ0n) is 12.7. The van der Waals surface area contributed by atoms with E-state index in [0.29, 0.717) is 19.1 Å². The Bertz CT molecular complexity index is 483. The number of nitrogens with one attached hydrogen (secondary N) is 1. The van der Waals surface area contributed by atoms with Gasteiger partial charge in [-0.1, -0.05) is 36.8 Å². The molecule has 1 aromatic carbocycles. The van der Waals surface area contributed by atoms with Gasteiger partial charge in [0.2, 0.25) is 5.91 Å². The van der Waals surface area contributed by atoms with Crippen molar-refractivity contribution >= 4 is 18.3 Å². The van der Waals surface area contributed by atoms with E-state index in [9.17, 15) is 4.79 Å². The van der Waals surface area contributed by atoms with Crippen LogP contribution in [-0.4, -0.2) is 25.1 Å². The first kappa shape index (κ1) is 17.3. The van der Waals surface area contributed by atoms with Crippen molar-refractivity contribution in [3.63, 3.8) is 0 Å². The van der Waals surface area contributed by atoms with E-state index in [2.05, 4.69) is 17.4 Å².